The van der Waals surface area contributed by atoms with Gasteiger partial charge in [0.1, 0.15) is 5.76 Å². The van der Waals surface area contributed by atoms with Gasteiger partial charge in [0.15, 0.2) is 0 Å². The fourth-order valence-electron chi connectivity index (χ4n) is 3.27. The van der Waals surface area contributed by atoms with E-state index in [0.717, 1.165) is 5.56 Å². The summed E-state index contributed by atoms with van der Waals surface area (Å²) in [4.78, 5) is 37.4. The number of amides is 1. The Hall–Kier alpha value is -3.67. The lowest BCUT2D eigenvalue weighted by atomic mass is 10.00. The summed E-state index contributed by atoms with van der Waals surface area (Å²) in [6.07, 6.45) is 3.56. The zero-order chi connectivity index (χ0) is 20.8. The number of carbonyl (C=O) groups is 3. The highest BCUT2D eigenvalue weighted by atomic mass is 16.4. The fraction of sp³-hybridized carbons (Fsp3) is 0.174. The Morgan fingerprint density at radius 2 is 1.59 bits per heavy atom. The Labute approximate surface area is 168 Å². The van der Waals surface area contributed by atoms with Crippen LogP contribution in [0.25, 0.3) is 11.8 Å². The summed E-state index contributed by atoms with van der Waals surface area (Å²) in [5.74, 6) is -2.73. The van der Waals surface area contributed by atoms with E-state index < -0.39 is 23.7 Å². The first-order valence-electron chi connectivity index (χ1n) is 9.28. The monoisotopic (exact) mass is 391 g/mol. The second-order valence-corrected chi connectivity index (χ2v) is 6.67. The maximum absolute atomic E-state index is 12.7. The lowest BCUT2D eigenvalue weighted by molar-refractivity contribution is -0.140. The van der Waals surface area contributed by atoms with Crippen LogP contribution >= 0.6 is 0 Å². The molecule has 0 aromatic heterocycles. The standard InChI is InChI=1S/C23H21NO5/c25-19(26)12-7-15-24-18(14-13-16-8-3-1-4-9-16)20(22(28)23(24)29)21(27)17-10-5-2-6-11-17/h1-6,8-11,13-14,18,27H,7,12,15H2,(H,25,26)/b14-13+,21-20?/t18-/m1/s1. The molecule has 1 fully saturated rings. The average Bonchev–Trinajstić information content (AvgIpc) is 2.97. The van der Waals surface area contributed by atoms with Crippen LogP contribution < -0.4 is 0 Å². The molecular weight excluding hydrogens is 370 g/mol. The van der Waals surface area contributed by atoms with Crippen molar-refractivity contribution in [3.05, 3.63) is 83.4 Å². The van der Waals surface area contributed by atoms with Crippen LogP contribution in [-0.4, -0.2) is 45.4 Å². The van der Waals surface area contributed by atoms with Gasteiger partial charge in [-0.15, -0.1) is 0 Å². The molecule has 1 aliphatic rings. The molecule has 0 aliphatic carbocycles. The highest BCUT2D eigenvalue weighted by Crippen LogP contribution is 2.30. The van der Waals surface area contributed by atoms with E-state index in [1.807, 2.05) is 30.3 Å². The van der Waals surface area contributed by atoms with Crippen LogP contribution in [0.4, 0.5) is 0 Å². The zero-order valence-electron chi connectivity index (χ0n) is 15.7. The molecule has 3 rings (SSSR count). The van der Waals surface area contributed by atoms with Crippen molar-refractivity contribution in [1.29, 1.82) is 0 Å². The van der Waals surface area contributed by atoms with Crippen molar-refractivity contribution in [2.45, 2.75) is 18.9 Å². The Bertz CT molecular complexity index is 963. The number of hydrogen-bond donors (Lipinski definition) is 2. The summed E-state index contributed by atoms with van der Waals surface area (Å²) >= 11 is 0. The maximum Gasteiger partial charge on any atom is 0.303 e. The van der Waals surface area contributed by atoms with Crippen LogP contribution in [0.1, 0.15) is 24.0 Å². The van der Waals surface area contributed by atoms with Crippen LogP contribution in [-0.2, 0) is 14.4 Å². The molecule has 2 aromatic carbocycles. The van der Waals surface area contributed by atoms with E-state index in [0.29, 0.717) is 5.56 Å². The SMILES string of the molecule is O=C(O)CCCN1C(=O)C(=O)C(=C(O)c2ccccc2)[C@H]1/C=C/c1ccccc1. The van der Waals surface area contributed by atoms with Crippen molar-refractivity contribution in [2.75, 3.05) is 6.54 Å². The second-order valence-electron chi connectivity index (χ2n) is 6.67. The summed E-state index contributed by atoms with van der Waals surface area (Å²) in [7, 11) is 0. The first kappa shape index (κ1) is 20.1. The van der Waals surface area contributed by atoms with E-state index in [9.17, 15) is 19.5 Å². The maximum atomic E-state index is 12.7. The number of Topliss-reactive ketones (excluding diaryl/α,β-unsaturated/α-hetero) is 1. The minimum absolute atomic E-state index is 0.00343. The molecule has 2 aromatic rings. The lowest BCUT2D eigenvalue weighted by Crippen LogP contribution is -2.34. The highest BCUT2D eigenvalue weighted by molar-refractivity contribution is 6.47. The molecule has 6 heteroatoms. The topological polar surface area (TPSA) is 94.9 Å². The first-order valence-corrected chi connectivity index (χ1v) is 9.28. The number of aliphatic carboxylic acids is 1. The minimum atomic E-state index is -0.970. The van der Waals surface area contributed by atoms with Gasteiger partial charge in [0.25, 0.3) is 11.7 Å². The second kappa shape index (κ2) is 9.01. The van der Waals surface area contributed by atoms with Crippen molar-refractivity contribution in [1.82, 2.24) is 4.90 Å². The van der Waals surface area contributed by atoms with E-state index in [1.54, 1.807) is 42.5 Å². The van der Waals surface area contributed by atoms with E-state index in [1.165, 1.54) is 4.90 Å². The summed E-state index contributed by atoms with van der Waals surface area (Å²) < 4.78 is 0. The van der Waals surface area contributed by atoms with Crippen LogP contribution in [0, 0.1) is 0 Å². The molecule has 0 saturated carbocycles. The molecule has 1 aliphatic heterocycles. The van der Waals surface area contributed by atoms with Crippen molar-refractivity contribution >= 4 is 29.5 Å². The van der Waals surface area contributed by atoms with Crippen LogP contribution in [0.2, 0.25) is 0 Å². The van der Waals surface area contributed by atoms with E-state index in [4.69, 9.17) is 5.11 Å². The highest BCUT2D eigenvalue weighted by Gasteiger charge is 2.43. The van der Waals surface area contributed by atoms with Crippen molar-refractivity contribution in [2.24, 2.45) is 0 Å². The third-order valence-corrected chi connectivity index (χ3v) is 4.69. The number of hydrogen-bond acceptors (Lipinski definition) is 4. The van der Waals surface area contributed by atoms with E-state index in [-0.39, 0.29) is 30.7 Å². The molecule has 1 amide bonds. The van der Waals surface area contributed by atoms with E-state index in [2.05, 4.69) is 0 Å². The van der Waals surface area contributed by atoms with Crippen LogP contribution in [0.15, 0.2) is 72.3 Å². The Morgan fingerprint density at radius 1 is 0.966 bits per heavy atom. The van der Waals surface area contributed by atoms with Gasteiger partial charge in [0, 0.05) is 18.5 Å². The number of benzene rings is 2. The number of ketones is 1. The lowest BCUT2D eigenvalue weighted by Gasteiger charge is -2.22. The minimum Gasteiger partial charge on any atom is -0.507 e. The number of carboxylic acid groups (broad SMARTS) is 1. The quantitative estimate of drug-likeness (QED) is 0.429. The molecule has 0 bridgehead atoms. The molecule has 29 heavy (non-hydrogen) atoms. The van der Waals surface area contributed by atoms with Gasteiger partial charge >= 0.3 is 5.97 Å². The number of carboxylic acids is 1. The number of carbonyl (C=O) groups excluding carboxylic acids is 2. The van der Waals surface area contributed by atoms with Gasteiger partial charge in [0.05, 0.1) is 11.6 Å². The van der Waals surface area contributed by atoms with Crippen LogP contribution in [0.5, 0.6) is 0 Å². The number of aliphatic hydroxyl groups excluding tert-OH is 1. The van der Waals surface area contributed by atoms with Crippen molar-refractivity contribution < 1.29 is 24.6 Å². The third-order valence-electron chi connectivity index (χ3n) is 4.69. The number of likely N-dealkylation sites (tertiary alicyclic amines) is 1. The molecule has 0 unspecified atom stereocenters. The van der Waals surface area contributed by atoms with Crippen molar-refractivity contribution in [3.8, 4) is 0 Å². The normalized spacial score (nSPS) is 18.5. The molecule has 148 valence electrons. The summed E-state index contributed by atoms with van der Waals surface area (Å²) in [5.41, 5.74) is 1.32. The first-order chi connectivity index (χ1) is 14.0. The Balaban J connectivity index is 2.00. The smallest absolute Gasteiger partial charge is 0.303 e. The largest absolute Gasteiger partial charge is 0.507 e. The molecule has 1 saturated heterocycles. The third kappa shape index (κ3) is 4.60. The molecule has 6 nitrogen and oxygen atoms in total. The molecule has 1 atom stereocenters. The van der Waals surface area contributed by atoms with Gasteiger partial charge in [0.2, 0.25) is 0 Å². The van der Waals surface area contributed by atoms with E-state index >= 15 is 0 Å². The zero-order valence-corrected chi connectivity index (χ0v) is 15.7. The van der Waals surface area contributed by atoms with Crippen LogP contribution in [0.3, 0.4) is 0 Å². The number of rotatable bonds is 7. The van der Waals surface area contributed by atoms with Gasteiger partial charge < -0.3 is 15.1 Å². The molecule has 2 N–H and O–H groups in total. The Kier molecular flexibility index (Phi) is 6.24. The predicted molar refractivity (Wildman–Crippen MR) is 109 cm³/mol. The van der Waals surface area contributed by atoms with Gasteiger partial charge in [-0.3, -0.25) is 14.4 Å². The molecule has 0 spiro atoms. The summed E-state index contributed by atoms with van der Waals surface area (Å²) in [5, 5.41) is 19.6. The average molecular weight is 391 g/mol. The molecular formula is C23H21NO5. The molecule has 0 radical (unpaired) electrons. The predicted octanol–water partition coefficient (Wildman–Crippen LogP) is 3.31. The molecule has 1 heterocycles. The van der Waals surface area contributed by atoms with Crippen molar-refractivity contribution in [3.63, 3.8) is 0 Å². The van der Waals surface area contributed by atoms with Gasteiger partial charge in [-0.1, -0.05) is 72.8 Å². The van der Waals surface area contributed by atoms with Gasteiger partial charge in [-0.2, -0.15) is 0 Å². The summed E-state index contributed by atoms with van der Waals surface area (Å²) in [6, 6.07) is 17.2. The van der Waals surface area contributed by atoms with Gasteiger partial charge in [-0.25, -0.2) is 0 Å². The Morgan fingerprint density at radius 3 is 2.21 bits per heavy atom. The summed E-state index contributed by atoms with van der Waals surface area (Å²) in [6.45, 7) is 0.103. The fourth-order valence-corrected chi connectivity index (χ4v) is 3.27. The number of nitrogens with zero attached hydrogens (tertiary/aromatic N) is 1. The number of aliphatic hydroxyl groups is 1. The van der Waals surface area contributed by atoms with Gasteiger partial charge in [-0.05, 0) is 12.0 Å².